The molecule has 0 aliphatic carbocycles. The monoisotopic (exact) mass is 257 g/mol. The highest BCUT2D eigenvalue weighted by molar-refractivity contribution is 6.35. The third kappa shape index (κ3) is 8.06. The number of nitrogens with one attached hydrogen (secondary N) is 2. The second-order valence-electron chi connectivity index (χ2n) is 4.25. The number of amides is 2. The largest absolute Gasteiger partial charge is 0.348 e. The maximum absolute atomic E-state index is 11.4. The molecule has 0 spiro atoms. The van der Waals surface area contributed by atoms with Crippen molar-refractivity contribution >= 4 is 11.8 Å². The Morgan fingerprint density at radius 2 is 1.44 bits per heavy atom. The van der Waals surface area contributed by atoms with Crippen LogP contribution in [0.2, 0.25) is 0 Å². The number of likely N-dealkylation sites (N-methyl/N-ethyl adjacent to an activating group) is 1. The van der Waals surface area contributed by atoms with E-state index in [1.54, 1.807) is 0 Å². The fourth-order valence-electron chi connectivity index (χ4n) is 1.60. The zero-order valence-corrected chi connectivity index (χ0v) is 11.9. The molecule has 0 fully saturated rings. The van der Waals surface area contributed by atoms with Crippen LogP contribution in [0, 0.1) is 0 Å². The van der Waals surface area contributed by atoms with Gasteiger partial charge in [-0.2, -0.15) is 0 Å². The standard InChI is InChI=1S/C13H27N3O2/c1-4-7-8-9-14-12(17)13(18)15-10-11-16(5-2)6-3/h4-11H2,1-3H3,(H,14,17)(H,15,18). The fraction of sp³-hybridized carbons (Fsp3) is 0.846. The van der Waals surface area contributed by atoms with Gasteiger partial charge in [-0.05, 0) is 19.5 Å². The molecule has 0 saturated heterocycles. The summed E-state index contributed by atoms with van der Waals surface area (Å²) in [5, 5.41) is 5.25. The summed E-state index contributed by atoms with van der Waals surface area (Å²) in [6.45, 7) is 10.0. The maximum atomic E-state index is 11.4. The van der Waals surface area contributed by atoms with E-state index in [4.69, 9.17) is 0 Å². The van der Waals surface area contributed by atoms with Crippen molar-refractivity contribution in [1.29, 1.82) is 0 Å². The predicted octanol–water partition coefficient (Wildman–Crippen LogP) is 0.751. The van der Waals surface area contributed by atoms with Crippen LogP contribution in [0.25, 0.3) is 0 Å². The molecule has 106 valence electrons. The molecular weight excluding hydrogens is 230 g/mol. The van der Waals surface area contributed by atoms with Gasteiger partial charge in [0.05, 0.1) is 0 Å². The van der Waals surface area contributed by atoms with Crippen molar-refractivity contribution in [3.8, 4) is 0 Å². The van der Waals surface area contributed by atoms with E-state index in [-0.39, 0.29) is 0 Å². The summed E-state index contributed by atoms with van der Waals surface area (Å²) < 4.78 is 0. The normalized spacial score (nSPS) is 10.4. The van der Waals surface area contributed by atoms with Gasteiger partial charge in [-0.25, -0.2) is 0 Å². The van der Waals surface area contributed by atoms with Crippen LogP contribution in [0.15, 0.2) is 0 Å². The predicted molar refractivity (Wildman–Crippen MR) is 73.3 cm³/mol. The molecule has 0 aromatic heterocycles. The van der Waals surface area contributed by atoms with Crippen LogP contribution < -0.4 is 10.6 Å². The first-order valence-electron chi connectivity index (χ1n) is 6.94. The van der Waals surface area contributed by atoms with Crippen molar-refractivity contribution < 1.29 is 9.59 Å². The summed E-state index contributed by atoms with van der Waals surface area (Å²) in [7, 11) is 0. The molecule has 0 aromatic carbocycles. The Hall–Kier alpha value is -1.10. The number of carbonyl (C=O) groups is 2. The molecule has 0 atom stereocenters. The van der Waals surface area contributed by atoms with E-state index in [1.165, 1.54) is 0 Å². The van der Waals surface area contributed by atoms with Gasteiger partial charge >= 0.3 is 11.8 Å². The first-order chi connectivity index (χ1) is 8.65. The Bertz CT molecular complexity index is 240. The van der Waals surface area contributed by atoms with Crippen molar-refractivity contribution in [3.05, 3.63) is 0 Å². The van der Waals surface area contributed by atoms with Crippen molar-refractivity contribution in [2.24, 2.45) is 0 Å². The number of carbonyl (C=O) groups excluding carboxylic acids is 2. The van der Waals surface area contributed by atoms with Crippen LogP contribution in [-0.4, -0.2) is 49.4 Å². The third-order valence-electron chi connectivity index (χ3n) is 2.88. The van der Waals surface area contributed by atoms with Crippen LogP contribution in [-0.2, 0) is 9.59 Å². The summed E-state index contributed by atoms with van der Waals surface area (Å²) >= 11 is 0. The third-order valence-corrected chi connectivity index (χ3v) is 2.88. The van der Waals surface area contributed by atoms with Gasteiger partial charge in [0, 0.05) is 19.6 Å². The highest BCUT2D eigenvalue weighted by atomic mass is 16.2. The molecule has 0 aromatic rings. The lowest BCUT2D eigenvalue weighted by Gasteiger charge is -2.17. The molecule has 18 heavy (non-hydrogen) atoms. The van der Waals surface area contributed by atoms with Gasteiger partial charge in [0.25, 0.3) is 0 Å². The second-order valence-corrected chi connectivity index (χ2v) is 4.25. The van der Waals surface area contributed by atoms with Crippen molar-refractivity contribution in [2.75, 3.05) is 32.7 Å². The van der Waals surface area contributed by atoms with Crippen LogP contribution in [0.1, 0.15) is 40.0 Å². The molecule has 5 heteroatoms. The molecule has 2 N–H and O–H groups in total. The molecule has 0 unspecified atom stereocenters. The van der Waals surface area contributed by atoms with Crippen LogP contribution in [0.5, 0.6) is 0 Å². The minimum Gasteiger partial charge on any atom is -0.348 e. The number of unbranched alkanes of at least 4 members (excludes halogenated alkanes) is 2. The molecule has 0 saturated carbocycles. The highest BCUT2D eigenvalue weighted by Gasteiger charge is 2.11. The summed E-state index contributed by atoms with van der Waals surface area (Å²) in [4.78, 5) is 25.0. The number of rotatable bonds is 9. The second kappa shape index (κ2) is 11.0. The zero-order valence-electron chi connectivity index (χ0n) is 11.9. The van der Waals surface area contributed by atoms with E-state index in [0.29, 0.717) is 13.1 Å². The molecule has 0 heterocycles. The van der Waals surface area contributed by atoms with E-state index in [2.05, 4.69) is 36.3 Å². The lowest BCUT2D eigenvalue weighted by molar-refractivity contribution is -0.139. The summed E-state index contributed by atoms with van der Waals surface area (Å²) in [5.41, 5.74) is 0. The van der Waals surface area contributed by atoms with Crippen LogP contribution in [0.3, 0.4) is 0 Å². The lowest BCUT2D eigenvalue weighted by Crippen LogP contribution is -2.43. The Balaban J connectivity index is 3.64. The Morgan fingerprint density at radius 1 is 0.889 bits per heavy atom. The SMILES string of the molecule is CCCCCNC(=O)C(=O)NCCN(CC)CC. The smallest absolute Gasteiger partial charge is 0.309 e. The highest BCUT2D eigenvalue weighted by Crippen LogP contribution is 1.90. The van der Waals surface area contributed by atoms with Crippen molar-refractivity contribution in [1.82, 2.24) is 15.5 Å². The Morgan fingerprint density at radius 3 is 1.94 bits per heavy atom. The van der Waals surface area contributed by atoms with E-state index in [0.717, 1.165) is 38.9 Å². The summed E-state index contributed by atoms with van der Waals surface area (Å²) in [6, 6.07) is 0. The number of hydrogen-bond donors (Lipinski definition) is 2. The average molecular weight is 257 g/mol. The van der Waals surface area contributed by atoms with E-state index in [9.17, 15) is 9.59 Å². The zero-order chi connectivity index (χ0) is 13.8. The van der Waals surface area contributed by atoms with Gasteiger partial charge < -0.3 is 15.5 Å². The van der Waals surface area contributed by atoms with Gasteiger partial charge in [-0.3, -0.25) is 9.59 Å². The Labute approximate surface area is 110 Å². The first kappa shape index (κ1) is 16.9. The Kier molecular flexibility index (Phi) is 10.3. The topological polar surface area (TPSA) is 61.4 Å². The summed E-state index contributed by atoms with van der Waals surface area (Å²) in [5.74, 6) is -1.05. The molecule has 0 aliphatic rings. The molecule has 0 rings (SSSR count). The quantitative estimate of drug-likeness (QED) is 0.473. The first-order valence-corrected chi connectivity index (χ1v) is 6.94. The van der Waals surface area contributed by atoms with E-state index in [1.807, 2.05) is 0 Å². The molecule has 0 bridgehead atoms. The average Bonchev–Trinajstić information content (AvgIpc) is 2.39. The molecular formula is C13H27N3O2. The van der Waals surface area contributed by atoms with Crippen molar-refractivity contribution in [3.63, 3.8) is 0 Å². The number of hydrogen-bond acceptors (Lipinski definition) is 3. The van der Waals surface area contributed by atoms with Gasteiger partial charge in [-0.15, -0.1) is 0 Å². The molecule has 0 aliphatic heterocycles. The van der Waals surface area contributed by atoms with E-state index >= 15 is 0 Å². The van der Waals surface area contributed by atoms with Gasteiger partial charge in [0.15, 0.2) is 0 Å². The molecule has 0 radical (unpaired) electrons. The fourth-order valence-corrected chi connectivity index (χ4v) is 1.60. The minimum absolute atomic E-state index is 0.517. The lowest BCUT2D eigenvalue weighted by atomic mass is 10.2. The molecule has 5 nitrogen and oxygen atoms in total. The van der Waals surface area contributed by atoms with Crippen molar-refractivity contribution in [2.45, 2.75) is 40.0 Å². The minimum atomic E-state index is -0.529. The van der Waals surface area contributed by atoms with Crippen LogP contribution in [0.4, 0.5) is 0 Å². The van der Waals surface area contributed by atoms with Gasteiger partial charge in [0.2, 0.25) is 0 Å². The summed E-state index contributed by atoms with van der Waals surface area (Å²) in [6.07, 6.45) is 3.10. The number of nitrogens with zero attached hydrogens (tertiary/aromatic N) is 1. The van der Waals surface area contributed by atoms with Crippen LogP contribution >= 0.6 is 0 Å². The van der Waals surface area contributed by atoms with Gasteiger partial charge in [0.1, 0.15) is 0 Å². The van der Waals surface area contributed by atoms with Gasteiger partial charge in [-0.1, -0.05) is 33.6 Å². The molecule has 2 amide bonds. The maximum Gasteiger partial charge on any atom is 0.309 e. The van der Waals surface area contributed by atoms with E-state index < -0.39 is 11.8 Å².